The monoisotopic (exact) mass is 293 g/mol. The van der Waals surface area contributed by atoms with E-state index in [9.17, 15) is 0 Å². The summed E-state index contributed by atoms with van der Waals surface area (Å²) in [5.41, 5.74) is 7.64. The number of nitrogens with zero attached hydrogens (tertiary/aromatic N) is 1. The Morgan fingerprint density at radius 1 is 1.35 bits per heavy atom. The molecule has 0 spiro atoms. The summed E-state index contributed by atoms with van der Waals surface area (Å²) in [6.07, 6.45) is 4.58. The summed E-state index contributed by atoms with van der Waals surface area (Å²) in [6, 6.07) is 8.40. The Balaban J connectivity index is 2.15. The molecule has 1 aromatic rings. The number of nitrogens with one attached hydrogen (secondary N) is 1. The fourth-order valence-electron chi connectivity index (χ4n) is 2.27. The molecule has 1 saturated carbocycles. The second kappa shape index (κ2) is 5.52. The Morgan fingerprint density at radius 3 is 2.82 bits per heavy atom. The first-order chi connectivity index (χ1) is 8.20. The summed E-state index contributed by atoms with van der Waals surface area (Å²) in [6.45, 7) is 0. The predicted molar refractivity (Wildman–Crippen MR) is 72.7 cm³/mol. The summed E-state index contributed by atoms with van der Waals surface area (Å²) < 4.78 is 0.924. The zero-order valence-electron chi connectivity index (χ0n) is 9.62. The van der Waals surface area contributed by atoms with E-state index in [4.69, 9.17) is 11.0 Å². The van der Waals surface area contributed by atoms with E-state index in [0.717, 1.165) is 23.0 Å². The highest BCUT2D eigenvalue weighted by molar-refractivity contribution is 9.10. The molecule has 0 radical (unpaired) electrons. The van der Waals surface area contributed by atoms with Gasteiger partial charge >= 0.3 is 0 Å². The first kappa shape index (κ1) is 12.4. The van der Waals surface area contributed by atoms with Crippen LogP contribution < -0.4 is 11.1 Å². The summed E-state index contributed by atoms with van der Waals surface area (Å²) in [7, 11) is 0. The molecule has 0 aromatic heterocycles. The molecule has 0 heterocycles. The Bertz CT molecular complexity index is 439. The molecule has 3 N–H and O–H groups in total. The summed E-state index contributed by atoms with van der Waals surface area (Å²) in [5, 5.41) is 12.5. The molecular weight excluding hydrogens is 278 g/mol. The molecule has 1 aromatic carbocycles. The third kappa shape index (κ3) is 2.99. The molecule has 1 fully saturated rings. The molecule has 0 aliphatic heterocycles. The number of hydrogen-bond donors (Lipinski definition) is 2. The SMILES string of the molecule is N#Cc1cc(Br)ccc1N[C@@H]1CCCC[C@H]1N. The van der Waals surface area contributed by atoms with E-state index < -0.39 is 0 Å². The average molecular weight is 294 g/mol. The quantitative estimate of drug-likeness (QED) is 0.881. The van der Waals surface area contributed by atoms with Crippen LogP contribution in [0.5, 0.6) is 0 Å². The van der Waals surface area contributed by atoms with E-state index in [1.54, 1.807) is 0 Å². The lowest BCUT2D eigenvalue weighted by molar-refractivity contribution is 0.404. The van der Waals surface area contributed by atoms with Crippen LogP contribution in [-0.2, 0) is 0 Å². The molecule has 1 aliphatic carbocycles. The van der Waals surface area contributed by atoms with Crippen LogP contribution in [0.15, 0.2) is 22.7 Å². The van der Waals surface area contributed by atoms with E-state index in [2.05, 4.69) is 27.3 Å². The van der Waals surface area contributed by atoms with Crippen LogP contribution in [0.4, 0.5) is 5.69 Å². The molecule has 4 heteroatoms. The second-order valence-corrected chi connectivity index (χ2v) is 5.42. The molecule has 2 rings (SSSR count). The lowest BCUT2D eigenvalue weighted by Gasteiger charge is -2.30. The van der Waals surface area contributed by atoms with Crippen molar-refractivity contribution >= 4 is 21.6 Å². The number of rotatable bonds is 2. The van der Waals surface area contributed by atoms with Crippen LogP contribution in [0.1, 0.15) is 31.2 Å². The lowest BCUT2D eigenvalue weighted by atomic mass is 9.90. The normalized spacial score (nSPS) is 24.1. The van der Waals surface area contributed by atoms with Gasteiger partial charge in [0.25, 0.3) is 0 Å². The number of nitriles is 1. The Kier molecular flexibility index (Phi) is 4.03. The number of hydrogen-bond acceptors (Lipinski definition) is 3. The molecule has 90 valence electrons. The van der Waals surface area contributed by atoms with Crippen molar-refractivity contribution in [2.24, 2.45) is 5.73 Å². The molecule has 1 aliphatic rings. The highest BCUT2D eigenvalue weighted by atomic mass is 79.9. The van der Waals surface area contributed by atoms with Gasteiger partial charge < -0.3 is 11.1 Å². The minimum atomic E-state index is 0.193. The lowest BCUT2D eigenvalue weighted by Crippen LogP contribution is -2.42. The minimum absolute atomic E-state index is 0.193. The zero-order valence-corrected chi connectivity index (χ0v) is 11.2. The first-order valence-corrected chi connectivity index (χ1v) is 6.72. The van der Waals surface area contributed by atoms with Crippen molar-refractivity contribution in [3.8, 4) is 6.07 Å². The van der Waals surface area contributed by atoms with Gasteiger partial charge in [0, 0.05) is 16.6 Å². The second-order valence-electron chi connectivity index (χ2n) is 4.50. The van der Waals surface area contributed by atoms with E-state index in [1.807, 2.05) is 18.2 Å². The van der Waals surface area contributed by atoms with Crippen LogP contribution in [0.25, 0.3) is 0 Å². The molecule has 0 amide bonds. The Hall–Kier alpha value is -1.05. The van der Waals surface area contributed by atoms with Gasteiger partial charge in [0.2, 0.25) is 0 Å². The molecular formula is C13H16BrN3. The number of benzene rings is 1. The van der Waals surface area contributed by atoms with Crippen LogP contribution in [-0.4, -0.2) is 12.1 Å². The average Bonchev–Trinajstić information content (AvgIpc) is 2.34. The first-order valence-electron chi connectivity index (χ1n) is 5.92. The maximum absolute atomic E-state index is 9.10. The van der Waals surface area contributed by atoms with Crippen LogP contribution in [0.3, 0.4) is 0 Å². The van der Waals surface area contributed by atoms with E-state index in [1.165, 1.54) is 12.8 Å². The molecule has 0 bridgehead atoms. The minimum Gasteiger partial charge on any atom is -0.380 e. The fourth-order valence-corrected chi connectivity index (χ4v) is 2.63. The van der Waals surface area contributed by atoms with Crippen molar-refractivity contribution in [1.82, 2.24) is 0 Å². The summed E-state index contributed by atoms with van der Waals surface area (Å²) >= 11 is 3.37. The Morgan fingerprint density at radius 2 is 2.12 bits per heavy atom. The van der Waals surface area contributed by atoms with Crippen LogP contribution in [0, 0.1) is 11.3 Å². The molecule has 0 unspecified atom stereocenters. The Labute approximate surface area is 110 Å². The highest BCUT2D eigenvalue weighted by Crippen LogP contribution is 2.25. The van der Waals surface area contributed by atoms with Gasteiger partial charge in [-0.15, -0.1) is 0 Å². The number of anilines is 1. The van der Waals surface area contributed by atoms with E-state index in [-0.39, 0.29) is 12.1 Å². The van der Waals surface area contributed by atoms with Crippen molar-refractivity contribution in [3.05, 3.63) is 28.2 Å². The van der Waals surface area contributed by atoms with Crippen LogP contribution in [0.2, 0.25) is 0 Å². The predicted octanol–water partition coefficient (Wildman–Crippen LogP) is 3.00. The zero-order chi connectivity index (χ0) is 12.3. The van der Waals surface area contributed by atoms with Gasteiger partial charge in [-0.3, -0.25) is 0 Å². The highest BCUT2D eigenvalue weighted by Gasteiger charge is 2.22. The van der Waals surface area contributed by atoms with Gasteiger partial charge in [0.05, 0.1) is 11.3 Å². The summed E-state index contributed by atoms with van der Waals surface area (Å²) in [4.78, 5) is 0. The number of nitrogens with two attached hydrogens (primary N) is 1. The molecule has 0 saturated heterocycles. The topological polar surface area (TPSA) is 61.8 Å². The van der Waals surface area contributed by atoms with Gasteiger partial charge in [0.1, 0.15) is 6.07 Å². The van der Waals surface area contributed by atoms with Crippen molar-refractivity contribution in [3.63, 3.8) is 0 Å². The van der Waals surface area contributed by atoms with Crippen molar-refractivity contribution < 1.29 is 0 Å². The molecule has 3 nitrogen and oxygen atoms in total. The largest absolute Gasteiger partial charge is 0.380 e. The molecule has 17 heavy (non-hydrogen) atoms. The van der Waals surface area contributed by atoms with Gasteiger partial charge in [-0.25, -0.2) is 0 Å². The third-order valence-corrected chi connectivity index (χ3v) is 3.76. The number of halogens is 1. The smallest absolute Gasteiger partial charge is 0.101 e. The third-order valence-electron chi connectivity index (χ3n) is 3.26. The van der Waals surface area contributed by atoms with E-state index in [0.29, 0.717) is 5.56 Å². The standard InChI is InChI=1S/C13H16BrN3/c14-10-5-6-12(9(7-10)8-15)17-13-4-2-1-3-11(13)16/h5-7,11,13,17H,1-4,16H2/t11-,13-/m1/s1. The molecule has 2 atom stereocenters. The van der Waals surface area contributed by atoms with Gasteiger partial charge in [0.15, 0.2) is 0 Å². The van der Waals surface area contributed by atoms with Crippen molar-refractivity contribution in [2.45, 2.75) is 37.8 Å². The maximum atomic E-state index is 9.10. The van der Waals surface area contributed by atoms with Crippen LogP contribution >= 0.6 is 15.9 Å². The van der Waals surface area contributed by atoms with Crippen molar-refractivity contribution in [1.29, 1.82) is 5.26 Å². The maximum Gasteiger partial charge on any atom is 0.101 e. The van der Waals surface area contributed by atoms with Gasteiger partial charge in [-0.2, -0.15) is 5.26 Å². The fraction of sp³-hybridized carbons (Fsp3) is 0.462. The van der Waals surface area contributed by atoms with Gasteiger partial charge in [-0.1, -0.05) is 28.8 Å². The van der Waals surface area contributed by atoms with E-state index >= 15 is 0 Å². The van der Waals surface area contributed by atoms with Crippen molar-refractivity contribution in [2.75, 3.05) is 5.32 Å². The van der Waals surface area contributed by atoms with Gasteiger partial charge in [-0.05, 0) is 31.0 Å². The summed E-state index contributed by atoms with van der Waals surface area (Å²) in [5.74, 6) is 0.